The fourth-order valence-electron chi connectivity index (χ4n) is 4.46. The molecule has 37 heavy (non-hydrogen) atoms. The summed E-state index contributed by atoms with van der Waals surface area (Å²) in [6.07, 6.45) is 2.91. The number of ether oxygens (including phenoxy) is 2. The molecule has 2 aromatic carbocycles. The average molecular weight is 507 g/mol. The molecule has 3 aromatic rings. The van der Waals surface area contributed by atoms with E-state index in [0.29, 0.717) is 42.3 Å². The van der Waals surface area contributed by atoms with E-state index in [9.17, 15) is 9.59 Å². The van der Waals surface area contributed by atoms with Gasteiger partial charge in [0.2, 0.25) is 0 Å². The molecule has 4 rings (SSSR count). The molecule has 0 fully saturated rings. The lowest BCUT2D eigenvalue weighted by Gasteiger charge is -2.35. The lowest BCUT2D eigenvalue weighted by atomic mass is 10.0. The number of aromatic nitrogens is 1. The highest BCUT2D eigenvalue weighted by atomic mass is 16.5. The summed E-state index contributed by atoms with van der Waals surface area (Å²) in [7, 11) is 3.44. The molecule has 9 heteroatoms. The van der Waals surface area contributed by atoms with Crippen molar-refractivity contribution < 1.29 is 23.5 Å². The van der Waals surface area contributed by atoms with Crippen LogP contribution in [0.4, 0.5) is 5.69 Å². The van der Waals surface area contributed by atoms with Gasteiger partial charge < -0.3 is 24.1 Å². The first kappa shape index (κ1) is 26.4. The van der Waals surface area contributed by atoms with E-state index in [-0.39, 0.29) is 29.9 Å². The average Bonchev–Trinajstić information content (AvgIpc) is 3.42. The minimum Gasteiger partial charge on any atom is -0.491 e. The molecule has 0 aliphatic carbocycles. The first-order valence-corrected chi connectivity index (χ1v) is 12.4. The molecule has 0 spiro atoms. The van der Waals surface area contributed by atoms with Crippen LogP contribution in [0.2, 0.25) is 0 Å². The monoisotopic (exact) mass is 506 g/mol. The van der Waals surface area contributed by atoms with Gasteiger partial charge in [0, 0.05) is 57.2 Å². The van der Waals surface area contributed by atoms with Crippen molar-refractivity contribution in [2.45, 2.75) is 32.5 Å². The van der Waals surface area contributed by atoms with Crippen LogP contribution in [0.5, 0.6) is 5.75 Å². The normalized spacial score (nSPS) is 21.4. The van der Waals surface area contributed by atoms with Crippen molar-refractivity contribution >= 4 is 17.5 Å². The van der Waals surface area contributed by atoms with Crippen LogP contribution >= 0.6 is 0 Å². The number of hydrogen-bond donors (Lipinski definition) is 1. The van der Waals surface area contributed by atoms with Gasteiger partial charge in [0.1, 0.15) is 18.6 Å². The molecule has 0 saturated heterocycles. The van der Waals surface area contributed by atoms with Gasteiger partial charge in [-0.05, 0) is 37.1 Å². The van der Waals surface area contributed by atoms with Gasteiger partial charge in [-0.2, -0.15) is 0 Å². The van der Waals surface area contributed by atoms with Gasteiger partial charge in [-0.25, -0.2) is 4.98 Å². The molecule has 3 atom stereocenters. The number of likely N-dealkylation sites (N-methyl/N-ethyl adjacent to an activating group) is 1. The number of nitrogens with one attached hydrogen (secondary N) is 1. The number of benzene rings is 2. The zero-order chi connectivity index (χ0) is 26.4. The van der Waals surface area contributed by atoms with Crippen LogP contribution < -0.4 is 10.1 Å². The van der Waals surface area contributed by atoms with Crippen LogP contribution in [0.3, 0.4) is 0 Å². The van der Waals surface area contributed by atoms with Crippen molar-refractivity contribution in [2.24, 2.45) is 5.92 Å². The molecule has 0 unspecified atom stereocenters. The maximum Gasteiger partial charge on any atom is 0.257 e. The Labute approximate surface area is 217 Å². The summed E-state index contributed by atoms with van der Waals surface area (Å²) in [6, 6.07) is 14.1. The third-order valence-corrected chi connectivity index (χ3v) is 6.72. The molecule has 196 valence electrons. The number of anilines is 1. The smallest absolute Gasteiger partial charge is 0.257 e. The number of nitrogens with zero attached hydrogens (tertiary/aromatic N) is 3. The highest BCUT2D eigenvalue weighted by molar-refractivity contribution is 6.05. The quantitative estimate of drug-likeness (QED) is 0.560. The number of carbonyl (C=O) groups excluding carboxylic acids is 2. The van der Waals surface area contributed by atoms with Gasteiger partial charge in [-0.1, -0.05) is 25.1 Å². The van der Waals surface area contributed by atoms with Crippen LogP contribution in [0.15, 0.2) is 65.6 Å². The molecule has 1 aliphatic heterocycles. The van der Waals surface area contributed by atoms with E-state index < -0.39 is 0 Å². The Morgan fingerprint density at radius 1 is 1.16 bits per heavy atom. The Kier molecular flexibility index (Phi) is 8.58. The number of rotatable bonds is 5. The van der Waals surface area contributed by atoms with Crippen molar-refractivity contribution in [2.75, 3.05) is 39.2 Å². The topological polar surface area (TPSA) is 97.1 Å². The molecule has 1 aromatic heterocycles. The Bertz CT molecular complexity index is 1180. The van der Waals surface area contributed by atoms with E-state index in [1.54, 1.807) is 55.7 Å². The zero-order valence-electron chi connectivity index (χ0n) is 21.7. The Morgan fingerprint density at radius 2 is 1.95 bits per heavy atom. The fraction of sp³-hybridized carbons (Fsp3) is 0.393. The van der Waals surface area contributed by atoms with Crippen LogP contribution in [0.1, 0.15) is 40.3 Å². The van der Waals surface area contributed by atoms with E-state index >= 15 is 0 Å². The number of carbonyl (C=O) groups is 2. The molecule has 1 aliphatic rings. The molecule has 9 nitrogen and oxygen atoms in total. The lowest BCUT2D eigenvalue weighted by Crippen LogP contribution is -2.46. The second kappa shape index (κ2) is 12.0. The molecule has 1 N–H and O–H groups in total. The zero-order valence-corrected chi connectivity index (χ0v) is 21.7. The number of hydrogen-bond acceptors (Lipinski definition) is 7. The number of methoxy groups -OCH3 is 1. The summed E-state index contributed by atoms with van der Waals surface area (Å²) in [5, 5.41) is 2.90. The Hall–Kier alpha value is -3.69. The van der Waals surface area contributed by atoms with Gasteiger partial charge in [-0.3, -0.25) is 14.5 Å². The van der Waals surface area contributed by atoms with Gasteiger partial charge in [0.15, 0.2) is 6.39 Å². The maximum absolute atomic E-state index is 13.4. The molecular weight excluding hydrogens is 472 g/mol. The van der Waals surface area contributed by atoms with Crippen molar-refractivity contribution in [3.63, 3.8) is 0 Å². The van der Waals surface area contributed by atoms with Crippen molar-refractivity contribution in [1.29, 1.82) is 0 Å². The summed E-state index contributed by atoms with van der Waals surface area (Å²) in [4.78, 5) is 34.3. The molecule has 2 heterocycles. The first-order chi connectivity index (χ1) is 17.9. The van der Waals surface area contributed by atoms with Crippen molar-refractivity contribution in [1.82, 2.24) is 14.8 Å². The molecule has 0 saturated carbocycles. The fourth-order valence-corrected chi connectivity index (χ4v) is 4.46. The standard InChI is InChI=1S/C28H34N4O5/c1-19-13-32(14-23-17-36-18-29-23)20(2)16-37-25-12-22(30-27(33)21-8-6-5-7-9-21)10-11-24(25)28(34)31(3)15-26(19)35-4/h5-12,17-20,26H,13-16H2,1-4H3,(H,30,33)/t19-,20-,26-/m1/s1. The minimum absolute atomic E-state index is 0.000620. The molecule has 0 radical (unpaired) electrons. The first-order valence-electron chi connectivity index (χ1n) is 12.4. The maximum atomic E-state index is 13.4. The van der Waals surface area contributed by atoms with E-state index in [1.165, 1.54) is 6.39 Å². The minimum atomic E-state index is -0.235. The molecular formula is C28H34N4O5. The van der Waals surface area contributed by atoms with Crippen LogP contribution in [0, 0.1) is 5.92 Å². The van der Waals surface area contributed by atoms with Crippen LogP contribution in [0.25, 0.3) is 0 Å². The van der Waals surface area contributed by atoms with E-state index in [1.807, 2.05) is 18.2 Å². The summed E-state index contributed by atoms with van der Waals surface area (Å²) >= 11 is 0. The Morgan fingerprint density at radius 3 is 2.65 bits per heavy atom. The summed E-state index contributed by atoms with van der Waals surface area (Å²) in [6.45, 7) is 6.28. The summed E-state index contributed by atoms with van der Waals surface area (Å²) < 4.78 is 17.2. The predicted octanol–water partition coefficient (Wildman–Crippen LogP) is 3.93. The number of amides is 2. The number of fused-ring (bicyclic) bond motifs is 1. The van der Waals surface area contributed by atoms with Gasteiger partial charge in [-0.15, -0.1) is 0 Å². The van der Waals surface area contributed by atoms with E-state index in [2.05, 4.69) is 29.0 Å². The van der Waals surface area contributed by atoms with Crippen LogP contribution in [-0.4, -0.2) is 72.6 Å². The van der Waals surface area contributed by atoms with Crippen molar-refractivity contribution in [3.8, 4) is 5.75 Å². The van der Waals surface area contributed by atoms with Gasteiger partial charge in [0.25, 0.3) is 11.8 Å². The van der Waals surface area contributed by atoms with Crippen molar-refractivity contribution in [3.05, 3.63) is 78.0 Å². The molecule has 0 bridgehead atoms. The second-order valence-electron chi connectivity index (χ2n) is 9.54. The van der Waals surface area contributed by atoms with Crippen LogP contribution in [-0.2, 0) is 11.3 Å². The van der Waals surface area contributed by atoms with E-state index in [4.69, 9.17) is 13.9 Å². The molecule has 2 amide bonds. The third kappa shape index (κ3) is 6.55. The SMILES string of the molecule is CO[C@@H]1CN(C)C(=O)c2ccc(NC(=O)c3ccccc3)cc2OC[C@@H](C)N(Cc2cocn2)C[C@H]1C. The second-order valence-corrected chi connectivity index (χ2v) is 9.54. The largest absolute Gasteiger partial charge is 0.491 e. The highest BCUT2D eigenvalue weighted by Gasteiger charge is 2.29. The lowest BCUT2D eigenvalue weighted by molar-refractivity contribution is 0.00900. The Balaban J connectivity index is 1.62. The number of oxazole rings is 1. The van der Waals surface area contributed by atoms with Gasteiger partial charge in [0.05, 0.1) is 17.4 Å². The predicted molar refractivity (Wildman–Crippen MR) is 140 cm³/mol. The summed E-state index contributed by atoms with van der Waals surface area (Å²) in [5.41, 5.74) is 2.35. The summed E-state index contributed by atoms with van der Waals surface area (Å²) in [5.74, 6) is 0.154. The van der Waals surface area contributed by atoms with Gasteiger partial charge >= 0.3 is 0 Å². The van der Waals surface area contributed by atoms with E-state index in [0.717, 1.165) is 12.2 Å². The third-order valence-electron chi connectivity index (χ3n) is 6.72. The highest BCUT2D eigenvalue weighted by Crippen LogP contribution is 2.27.